The normalized spacial score (nSPS) is 22.8. The molecule has 0 heterocycles. The Balaban J connectivity index is 2.31. The Morgan fingerprint density at radius 2 is 2.06 bits per heavy atom. The van der Waals surface area contributed by atoms with Crippen molar-refractivity contribution < 1.29 is 14.6 Å². The van der Waals surface area contributed by atoms with Crippen LogP contribution in [0.15, 0.2) is 0 Å². The van der Waals surface area contributed by atoms with Gasteiger partial charge in [-0.2, -0.15) is 0 Å². The highest BCUT2D eigenvalue weighted by Gasteiger charge is 2.29. The van der Waals surface area contributed by atoms with E-state index in [4.69, 9.17) is 15.6 Å². The molecule has 94 valence electrons. The molecule has 0 aromatic heterocycles. The van der Waals surface area contributed by atoms with Crippen molar-refractivity contribution >= 4 is 5.97 Å². The lowest BCUT2D eigenvalue weighted by atomic mass is 9.76. The Morgan fingerprint density at radius 1 is 1.50 bits per heavy atom. The zero-order valence-corrected chi connectivity index (χ0v) is 10.2. The third-order valence-electron chi connectivity index (χ3n) is 3.31. The van der Waals surface area contributed by atoms with Crippen LogP contribution in [0.5, 0.6) is 0 Å². The molecule has 0 amide bonds. The number of nitrogens with two attached hydrogens (primary N) is 1. The minimum absolute atomic E-state index is 0.0188. The molecular weight excluding hydrogens is 206 g/mol. The molecule has 4 heteroatoms. The summed E-state index contributed by atoms with van der Waals surface area (Å²) in [6.45, 7) is 4.40. The molecule has 1 atom stereocenters. The Bertz CT molecular complexity index is 230. The summed E-state index contributed by atoms with van der Waals surface area (Å²) >= 11 is 0. The predicted octanol–water partition coefficient (Wildman–Crippen LogP) is 1.21. The second-order valence-electron chi connectivity index (χ2n) is 5.42. The lowest BCUT2D eigenvalue weighted by Crippen LogP contribution is -2.37. The molecule has 1 fully saturated rings. The van der Waals surface area contributed by atoms with Gasteiger partial charge >= 0.3 is 5.97 Å². The van der Waals surface area contributed by atoms with E-state index in [9.17, 15) is 4.79 Å². The number of ether oxygens (including phenoxy) is 1. The summed E-state index contributed by atoms with van der Waals surface area (Å²) in [5, 5.41) is 8.67. The first kappa shape index (κ1) is 13.5. The Morgan fingerprint density at radius 3 is 2.56 bits per heavy atom. The van der Waals surface area contributed by atoms with Gasteiger partial charge in [0.25, 0.3) is 0 Å². The third kappa shape index (κ3) is 4.10. The molecule has 1 aliphatic rings. The van der Waals surface area contributed by atoms with E-state index < -0.39 is 6.04 Å². The van der Waals surface area contributed by atoms with Crippen molar-refractivity contribution in [1.29, 1.82) is 0 Å². The molecule has 0 unspecified atom stereocenters. The maximum Gasteiger partial charge on any atom is 0.323 e. The monoisotopic (exact) mass is 229 g/mol. The summed E-state index contributed by atoms with van der Waals surface area (Å²) in [7, 11) is 0. The van der Waals surface area contributed by atoms with Crippen molar-refractivity contribution in [2.75, 3.05) is 6.61 Å². The van der Waals surface area contributed by atoms with Crippen LogP contribution in [0.4, 0.5) is 0 Å². The molecule has 0 bridgehead atoms. The Hall–Kier alpha value is -0.610. The van der Waals surface area contributed by atoms with Crippen molar-refractivity contribution in [2.45, 2.75) is 58.1 Å². The molecule has 0 aromatic rings. The maximum absolute atomic E-state index is 11.5. The van der Waals surface area contributed by atoms with E-state index in [1.54, 1.807) is 0 Å². The zero-order chi connectivity index (χ0) is 12.2. The minimum atomic E-state index is -0.681. The highest BCUT2D eigenvalue weighted by atomic mass is 16.5. The lowest BCUT2D eigenvalue weighted by Gasteiger charge is -2.34. The average molecular weight is 229 g/mol. The fourth-order valence-corrected chi connectivity index (χ4v) is 2.00. The van der Waals surface area contributed by atoms with Crippen LogP contribution in [-0.2, 0) is 9.53 Å². The summed E-state index contributed by atoms with van der Waals surface area (Å²) in [4.78, 5) is 11.5. The Labute approximate surface area is 97.2 Å². The van der Waals surface area contributed by atoms with E-state index >= 15 is 0 Å². The fraction of sp³-hybridized carbons (Fsp3) is 0.917. The first-order valence-electron chi connectivity index (χ1n) is 6.01. The highest BCUT2D eigenvalue weighted by Crippen LogP contribution is 2.36. The number of esters is 1. The van der Waals surface area contributed by atoms with E-state index in [2.05, 4.69) is 13.8 Å². The van der Waals surface area contributed by atoms with Gasteiger partial charge in [-0.15, -0.1) is 0 Å². The van der Waals surface area contributed by atoms with Crippen LogP contribution in [0.25, 0.3) is 0 Å². The molecule has 4 nitrogen and oxygen atoms in total. The molecule has 1 rings (SSSR count). The molecule has 1 saturated carbocycles. The maximum atomic E-state index is 11.5. The molecule has 0 saturated heterocycles. The topological polar surface area (TPSA) is 72.5 Å². The molecule has 0 aliphatic heterocycles. The number of aliphatic hydroxyl groups excluding tert-OH is 1. The van der Waals surface area contributed by atoms with Crippen LogP contribution in [0.3, 0.4) is 0 Å². The second-order valence-corrected chi connectivity index (χ2v) is 5.42. The highest BCUT2D eigenvalue weighted by molar-refractivity contribution is 5.75. The molecular formula is C12H23NO3. The van der Waals surface area contributed by atoms with Crippen LogP contribution in [0.2, 0.25) is 0 Å². The van der Waals surface area contributed by atoms with Gasteiger partial charge in [0.2, 0.25) is 0 Å². The molecule has 0 spiro atoms. The number of hydrogen-bond acceptors (Lipinski definition) is 4. The van der Waals surface area contributed by atoms with Gasteiger partial charge in [-0.3, -0.25) is 4.79 Å². The van der Waals surface area contributed by atoms with Crippen LogP contribution in [-0.4, -0.2) is 29.8 Å². The quantitative estimate of drug-likeness (QED) is 0.711. The van der Waals surface area contributed by atoms with Gasteiger partial charge in [0.15, 0.2) is 0 Å². The summed E-state index contributed by atoms with van der Waals surface area (Å²) in [5.41, 5.74) is 5.93. The number of carbonyl (C=O) groups excluding carboxylic acids is 1. The largest absolute Gasteiger partial charge is 0.461 e. The number of aliphatic hydroxyl groups is 1. The fourth-order valence-electron chi connectivity index (χ4n) is 2.00. The van der Waals surface area contributed by atoms with Crippen molar-refractivity contribution in [3.05, 3.63) is 0 Å². The van der Waals surface area contributed by atoms with E-state index in [0.717, 1.165) is 25.7 Å². The van der Waals surface area contributed by atoms with E-state index in [1.807, 2.05) is 0 Å². The van der Waals surface area contributed by atoms with Gasteiger partial charge in [-0.05, 0) is 37.5 Å². The number of hydrogen-bond donors (Lipinski definition) is 2. The standard InChI is InChI=1S/C12H23NO3/c1-12(2)6-3-9(4-7-12)16-11(15)10(13)5-8-14/h9-10,14H,3-8,13H2,1-2H3/t10-/m1/s1. The third-order valence-corrected chi connectivity index (χ3v) is 3.31. The molecule has 1 aliphatic carbocycles. The Kier molecular flexibility index (Phi) is 4.74. The van der Waals surface area contributed by atoms with Crippen LogP contribution >= 0.6 is 0 Å². The van der Waals surface area contributed by atoms with E-state index in [0.29, 0.717) is 5.41 Å². The van der Waals surface area contributed by atoms with Gasteiger partial charge in [0.1, 0.15) is 12.1 Å². The molecule has 0 aromatic carbocycles. The zero-order valence-electron chi connectivity index (χ0n) is 10.2. The van der Waals surface area contributed by atoms with Crippen molar-refractivity contribution in [2.24, 2.45) is 11.1 Å². The summed E-state index contributed by atoms with van der Waals surface area (Å²) in [6.07, 6.45) is 4.30. The van der Waals surface area contributed by atoms with Gasteiger partial charge in [0, 0.05) is 6.61 Å². The van der Waals surface area contributed by atoms with Crippen LogP contribution < -0.4 is 5.73 Å². The van der Waals surface area contributed by atoms with Crippen molar-refractivity contribution in [3.8, 4) is 0 Å². The van der Waals surface area contributed by atoms with Gasteiger partial charge in [0.05, 0.1) is 0 Å². The SMILES string of the molecule is CC1(C)CCC(OC(=O)[C@H](N)CCO)CC1. The predicted molar refractivity (Wildman–Crippen MR) is 61.8 cm³/mol. The van der Waals surface area contributed by atoms with Gasteiger partial charge < -0.3 is 15.6 Å². The molecule has 0 radical (unpaired) electrons. The summed E-state index contributed by atoms with van der Waals surface area (Å²) in [5.74, 6) is -0.376. The average Bonchev–Trinajstić information content (AvgIpc) is 2.21. The van der Waals surface area contributed by atoms with Gasteiger partial charge in [-0.25, -0.2) is 0 Å². The van der Waals surface area contributed by atoms with Gasteiger partial charge in [-0.1, -0.05) is 13.8 Å². The van der Waals surface area contributed by atoms with Crippen molar-refractivity contribution in [1.82, 2.24) is 0 Å². The minimum Gasteiger partial charge on any atom is -0.461 e. The van der Waals surface area contributed by atoms with Crippen molar-refractivity contribution in [3.63, 3.8) is 0 Å². The first-order valence-corrected chi connectivity index (χ1v) is 6.01. The first-order chi connectivity index (χ1) is 7.44. The van der Waals surface area contributed by atoms with E-state index in [1.165, 1.54) is 0 Å². The smallest absolute Gasteiger partial charge is 0.323 e. The summed E-state index contributed by atoms with van der Waals surface area (Å²) in [6, 6.07) is -0.681. The number of rotatable bonds is 4. The lowest BCUT2D eigenvalue weighted by molar-refractivity contribution is -0.153. The second kappa shape index (κ2) is 5.64. The number of carbonyl (C=O) groups is 1. The van der Waals surface area contributed by atoms with Crippen LogP contribution in [0, 0.1) is 5.41 Å². The van der Waals surface area contributed by atoms with E-state index in [-0.39, 0.29) is 25.1 Å². The summed E-state index contributed by atoms with van der Waals surface area (Å²) < 4.78 is 5.32. The molecule has 16 heavy (non-hydrogen) atoms. The molecule has 3 N–H and O–H groups in total. The van der Waals surface area contributed by atoms with Crippen LogP contribution in [0.1, 0.15) is 46.0 Å².